The molecule has 1 aliphatic heterocycles. The summed E-state index contributed by atoms with van der Waals surface area (Å²) in [7, 11) is 0. The van der Waals surface area contributed by atoms with Crippen LogP contribution >= 0.6 is 0 Å². The number of amides is 1. The largest absolute Gasteiger partial charge is 0.447 e. The zero-order valence-corrected chi connectivity index (χ0v) is 21.0. The molecule has 8 nitrogen and oxygen atoms in total. The molecule has 2 unspecified atom stereocenters. The van der Waals surface area contributed by atoms with Crippen LogP contribution in [0.5, 0.6) is 0 Å². The molecule has 1 amide bonds. The highest BCUT2D eigenvalue weighted by atomic mass is 19.4. The number of benzene rings is 1. The molecule has 1 aliphatic rings. The number of likely N-dealkylation sites (tertiary alicyclic amines) is 1. The van der Waals surface area contributed by atoms with E-state index in [0.29, 0.717) is 25.0 Å². The van der Waals surface area contributed by atoms with Crippen molar-refractivity contribution in [2.45, 2.75) is 96.5 Å². The Morgan fingerprint density at radius 2 is 1.57 bits per heavy atom. The molecule has 1 heterocycles. The Morgan fingerprint density at radius 3 is 1.95 bits per heavy atom. The van der Waals surface area contributed by atoms with E-state index in [-0.39, 0.29) is 42.7 Å². The van der Waals surface area contributed by atoms with Gasteiger partial charge in [0.05, 0.1) is 17.2 Å². The molecule has 3 atom stereocenters. The average molecular weight is 539 g/mol. The lowest BCUT2D eigenvalue weighted by molar-refractivity contribution is -0.143. The second-order valence-corrected chi connectivity index (χ2v) is 9.17. The minimum absolute atomic E-state index is 0.0534. The van der Waals surface area contributed by atoms with Crippen molar-refractivity contribution < 1.29 is 35.9 Å². The molecule has 0 radical (unpaired) electrons. The van der Waals surface area contributed by atoms with E-state index in [4.69, 9.17) is 16.0 Å². The Kier molecular flexibility index (Phi) is 9.78. The summed E-state index contributed by atoms with van der Waals surface area (Å²) in [5, 5.41) is 14.9. The summed E-state index contributed by atoms with van der Waals surface area (Å²) < 4.78 is 85.7. The van der Waals surface area contributed by atoms with Crippen LogP contribution < -0.4 is 5.84 Å². The van der Waals surface area contributed by atoms with Gasteiger partial charge in [-0.3, -0.25) is 5.41 Å². The second-order valence-electron chi connectivity index (χ2n) is 9.17. The Balaban J connectivity index is 2.49. The summed E-state index contributed by atoms with van der Waals surface area (Å²) in [5.74, 6) is 4.58. The van der Waals surface area contributed by atoms with Crippen LogP contribution in [0.2, 0.25) is 0 Å². The molecule has 1 aromatic carbocycles. The van der Waals surface area contributed by atoms with E-state index in [1.54, 1.807) is 18.7 Å². The number of nitrogens with one attached hydrogen (secondary N) is 1. The second kappa shape index (κ2) is 12.0. The van der Waals surface area contributed by atoms with Crippen LogP contribution in [-0.4, -0.2) is 46.1 Å². The monoisotopic (exact) mass is 538 g/mol. The van der Waals surface area contributed by atoms with Crippen LogP contribution in [0, 0.1) is 5.41 Å². The number of halogens is 6. The molecule has 14 heteroatoms. The number of carbonyl (C=O) groups excluding carboxylic acids is 1. The number of nitrogens with zero attached hydrogens (tertiary/aromatic N) is 4. The zero-order chi connectivity index (χ0) is 28.1. The Morgan fingerprint density at radius 1 is 1.08 bits per heavy atom. The molecule has 208 valence electrons. The van der Waals surface area contributed by atoms with E-state index in [1.807, 2.05) is 13.8 Å². The highest BCUT2D eigenvalue weighted by Gasteiger charge is 2.41. The van der Waals surface area contributed by atoms with Crippen molar-refractivity contribution in [2.24, 2.45) is 16.2 Å². The number of alkyl halides is 6. The molecule has 37 heavy (non-hydrogen) atoms. The Labute approximate surface area is 211 Å². The fourth-order valence-corrected chi connectivity index (χ4v) is 4.59. The molecule has 0 spiro atoms. The predicted molar refractivity (Wildman–Crippen MR) is 123 cm³/mol. The van der Waals surface area contributed by atoms with Crippen LogP contribution in [0.3, 0.4) is 0 Å². The summed E-state index contributed by atoms with van der Waals surface area (Å²) in [6.45, 7) is 6.68. The van der Waals surface area contributed by atoms with Crippen LogP contribution in [0.25, 0.3) is 0 Å². The zero-order valence-electron chi connectivity index (χ0n) is 21.0. The number of hydrogen-bond donors (Lipinski definition) is 2. The average Bonchev–Trinajstić information content (AvgIpc) is 2.79. The first kappa shape index (κ1) is 30.2. The van der Waals surface area contributed by atoms with Gasteiger partial charge >= 0.3 is 18.4 Å². The maximum Gasteiger partial charge on any atom is 0.416 e. The van der Waals surface area contributed by atoms with Gasteiger partial charge in [-0.15, -0.1) is 0 Å². The number of hydrogen-bond acceptors (Lipinski definition) is 4. The smallest absolute Gasteiger partial charge is 0.416 e. The standard InChI is InChI=1S/C23H32F6N6O2/c1-5-17-10-19(11-18(6-2)35(17)21(36)37-13(3)4)34(20(30)32-33-31)12-14-7-15(22(24,25)26)9-16(8-14)23(27,28)29/h7-9,13,17-19H,5-6,10-12H2,1-4H3,(H3,30,31,32)/t17-,18?,19?/m1/s1. The third kappa shape index (κ3) is 7.71. The van der Waals surface area contributed by atoms with Gasteiger partial charge in [-0.1, -0.05) is 24.2 Å². The summed E-state index contributed by atoms with van der Waals surface area (Å²) in [4.78, 5) is 15.7. The molecule has 0 bridgehead atoms. The van der Waals surface area contributed by atoms with Crippen molar-refractivity contribution in [3.05, 3.63) is 34.9 Å². The normalized spacial score (nSPS) is 20.9. The van der Waals surface area contributed by atoms with E-state index >= 15 is 0 Å². The lowest BCUT2D eigenvalue weighted by atomic mass is 9.87. The lowest BCUT2D eigenvalue weighted by Gasteiger charge is -2.47. The van der Waals surface area contributed by atoms with Crippen LogP contribution in [0.1, 0.15) is 70.1 Å². The summed E-state index contributed by atoms with van der Waals surface area (Å²) in [5.41, 5.74) is -3.20. The third-order valence-corrected chi connectivity index (χ3v) is 6.23. The number of nitrogens with two attached hydrogens (primary N) is 1. The molecule has 2 rings (SSSR count). The van der Waals surface area contributed by atoms with Gasteiger partial charge in [0, 0.05) is 24.7 Å². The maximum absolute atomic E-state index is 13.4. The third-order valence-electron chi connectivity index (χ3n) is 6.23. The molecular formula is C23H32F6N6O2. The minimum Gasteiger partial charge on any atom is -0.447 e. The van der Waals surface area contributed by atoms with Gasteiger partial charge in [-0.2, -0.15) is 26.3 Å². The van der Waals surface area contributed by atoms with E-state index in [0.717, 1.165) is 0 Å². The first-order chi connectivity index (χ1) is 17.1. The van der Waals surface area contributed by atoms with Crippen molar-refractivity contribution >= 4 is 12.1 Å². The van der Waals surface area contributed by atoms with Gasteiger partial charge in [0.25, 0.3) is 0 Å². The minimum atomic E-state index is -5.01. The van der Waals surface area contributed by atoms with Crippen molar-refractivity contribution in [1.82, 2.24) is 9.80 Å². The predicted octanol–water partition coefficient (Wildman–Crippen LogP) is 6.35. The molecule has 0 aromatic heterocycles. The number of rotatable bonds is 6. The molecule has 1 aromatic rings. The summed E-state index contributed by atoms with van der Waals surface area (Å²) in [6, 6.07) is 0.0784. The highest BCUT2D eigenvalue weighted by molar-refractivity contribution is 5.77. The van der Waals surface area contributed by atoms with Crippen molar-refractivity contribution in [3.8, 4) is 0 Å². The number of carbonyl (C=O) groups is 1. The maximum atomic E-state index is 13.4. The molecule has 0 aliphatic carbocycles. The van der Waals surface area contributed by atoms with Gasteiger partial charge in [-0.25, -0.2) is 4.79 Å². The molecule has 0 saturated carbocycles. The van der Waals surface area contributed by atoms with Crippen molar-refractivity contribution in [1.29, 1.82) is 5.41 Å². The lowest BCUT2D eigenvalue weighted by Crippen LogP contribution is -2.57. The van der Waals surface area contributed by atoms with Gasteiger partial charge < -0.3 is 20.4 Å². The fraction of sp³-hybridized carbons (Fsp3) is 0.652. The van der Waals surface area contributed by atoms with E-state index < -0.39 is 48.1 Å². The van der Waals surface area contributed by atoms with Gasteiger partial charge in [0.2, 0.25) is 5.96 Å². The summed E-state index contributed by atoms with van der Waals surface area (Å²) in [6.07, 6.45) is -9.26. The Hall–Kier alpha value is -3.06. The summed E-state index contributed by atoms with van der Waals surface area (Å²) >= 11 is 0. The Bertz CT molecular complexity index is 935. The SMILES string of the molecule is CCC1CC(N(Cc2cc(C(F)(F)F)cc(C(F)(F)F)c2)C(=N)N=NN)C[C@@H](CC)N1C(=O)OC(C)C. The topological polar surface area (TPSA) is 107 Å². The molecular weight excluding hydrogens is 506 g/mol. The van der Waals surface area contributed by atoms with Gasteiger partial charge in [0.15, 0.2) is 0 Å². The highest BCUT2D eigenvalue weighted by Crippen LogP contribution is 2.37. The molecule has 1 fully saturated rings. The molecule has 3 N–H and O–H groups in total. The molecule has 1 saturated heterocycles. The van der Waals surface area contributed by atoms with Gasteiger partial charge in [-0.05, 0) is 63.3 Å². The fourth-order valence-electron chi connectivity index (χ4n) is 4.59. The van der Waals surface area contributed by atoms with Crippen molar-refractivity contribution in [2.75, 3.05) is 0 Å². The van der Waals surface area contributed by atoms with Crippen LogP contribution in [0.15, 0.2) is 28.5 Å². The van der Waals surface area contributed by atoms with E-state index in [1.165, 1.54) is 4.90 Å². The quantitative estimate of drug-likeness (QED) is 0.110. The van der Waals surface area contributed by atoms with Gasteiger partial charge in [0.1, 0.15) is 0 Å². The van der Waals surface area contributed by atoms with E-state index in [2.05, 4.69) is 10.3 Å². The van der Waals surface area contributed by atoms with Crippen LogP contribution in [-0.2, 0) is 23.6 Å². The van der Waals surface area contributed by atoms with Crippen LogP contribution in [0.4, 0.5) is 31.1 Å². The number of guanidine groups is 1. The van der Waals surface area contributed by atoms with E-state index in [9.17, 15) is 31.1 Å². The number of piperidine rings is 1. The number of ether oxygens (including phenoxy) is 1. The first-order valence-electron chi connectivity index (χ1n) is 11.9. The first-order valence-corrected chi connectivity index (χ1v) is 11.9. The van der Waals surface area contributed by atoms with Crippen molar-refractivity contribution in [3.63, 3.8) is 0 Å².